The molecule has 0 bridgehead atoms. The van der Waals surface area contributed by atoms with Crippen molar-refractivity contribution in [2.45, 2.75) is 13.0 Å². The number of halogens is 2. The van der Waals surface area contributed by atoms with E-state index in [9.17, 15) is 0 Å². The second-order valence-electron chi connectivity index (χ2n) is 3.37. The minimum Gasteiger partial charge on any atom is -0.320 e. The monoisotopic (exact) mass is 382 g/mol. The van der Waals surface area contributed by atoms with Crippen LogP contribution < -0.4 is 10.6 Å². The van der Waals surface area contributed by atoms with Crippen molar-refractivity contribution in [3.63, 3.8) is 0 Å². The van der Waals surface area contributed by atoms with E-state index < -0.39 is 0 Å². The number of hydrogen-bond acceptors (Lipinski definition) is 2. The predicted molar refractivity (Wildman–Crippen MR) is 77.1 cm³/mol. The Labute approximate surface area is 113 Å². The lowest BCUT2D eigenvalue weighted by Crippen LogP contribution is -2.19. The summed E-state index contributed by atoms with van der Waals surface area (Å²) < 4.78 is 2.46. The van der Waals surface area contributed by atoms with Crippen molar-refractivity contribution in [1.82, 2.24) is 10.6 Å². The lowest BCUT2D eigenvalue weighted by atomic mass is 10.2. The molecule has 0 aliphatic rings. The largest absolute Gasteiger partial charge is 0.320 e. The first-order valence-electron chi connectivity index (χ1n) is 5.03. The van der Waals surface area contributed by atoms with Crippen LogP contribution in [0.4, 0.5) is 0 Å². The molecule has 4 heteroatoms. The van der Waals surface area contributed by atoms with E-state index in [4.69, 9.17) is 0 Å². The van der Waals surface area contributed by atoms with E-state index in [1.165, 1.54) is 15.6 Å². The minimum atomic E-state index is 0.946. The number of nitrogens with one attached hydrogen (secondary N) is 2. The Morgan fingerprint density at radius 2 is 2.13 bits per heavy atom. The van der Waals surface area contributed by atoms with Crippen LogP contribution in [-0.4, -0.2) is 20.1 Å². The molecular weight excluding hydrogens is 367 g/mol. The van der Waals surface area contributed by atoms with Gasteiger partial charge in [-0.1, -0.05) is 15.9 Å². The molecule has 0 saturated carbocycles. The first kappa shape index (κ1) is 13.4. The molecule has 2 nitrogen and oxygen atoms in total. The zero-order valence-corrected chi connectivity index (χ0v) is 12.6. The topological polar surface area (TPSA) is 24.1 Å². The van der Waals surface area contributed by atoms with Crippen molar-refractivity contribution >= 4 is 38.5 Å². The van der Waals surface area contributed by atoms with Gasteiger partial charge in [0.25, 0.3) is 0 Å². The van der Waals surface area contributed by atoms with Crippen molar-refractivity contribution in [1.29, 1.82) is 0 Å². The summed E-state index contributed by atoms with van der Waals surface area (Å²) in [6.07, 6.45) is 1.17. The molecule has 84 valence electrons. The molecule has 1 aromatic carbocycles. The van der Waals surface area contributed by atoms with Gasteiger partial charge in [0, 0.05) is 14.6 Å². The Kier molecular flexibility index (Phi) is 6.79. The van der Waals surface area contributed by atoms with Gasteiger partial charge in [-0.25, -0.2) is 0 Å². The summed E-state index contributed by atoms with van der Waals surface area (Å²) in [4.78, 5) is 0. The van der Waals surface area contributed by atoms with Crippen LogP contribution in [0, 0.1) is 3.57 Å². The fourth-order valence-electron chi connectivity index (χ4n) is 1.29. The zero-order valence-electron chi connectivity index (χ0n) is 8.82. The maximum atomic E-state index is 3.49. The van der Waals surface area contributed by atoms with Gasteiger partial charge < -0.3 is 10.6 Å². The second-order valence-corrected chi connectivity index (χ2v) is 5.45. The van der Waals surface area contributed by atoms with E-state index in [0.717, 1.165) is 24.1 Å². The molecule has 0 spiro atoms. The molecule has 2 N–H and O–H groups in total. The lowest BCUT2D eigenvalue weighted by Gasteiger charge is -2.07. The fourth-order valence-corrected chi connectivity index (χ4v) is 2.23. The summed E-state index contributed by atoms with van der Waals surface area (Å²) in [5.41, 5.74) is 1.36. The smallest absolute Gasteiger partial charge is 0.0216 e. The third-order valence-electron chi connectivity index (χ3n) is 2.10. The molecule has 0 aromatic heterocycles. The highest BCUT2D eigenvalue weighted by atomic mass is 127. The van der Waals surface area contributed by atoms with Crippen molar-refractivity contribution in [3.8, 4) is 0 Å². The molecule has 1 rings (SSSR count). The average Bonchev–Trinajstić information content (AvgIpc) is 2.23. The average molecular weight is 383 g/mol. The summed E-state index contributed by atoms with van der Waals surface area (Å²) in [6, 6.07) is 6.38. The molecule has 0 radical (unpaired) electrons. The Bertz CT molecular complexity index is 305. The first-order valence-corrected chi connectivity index (χ1v) is 6.90. The quantitative estimate of drug-likeness (QED) is 0.584. The van der Waals surface area contributed by atoms with Crippen LogP contribution in [0.2, 0.25) is 0 Å². The lowest BCUT2D eigenvalue weighted by molar-refractivity contribution is 0.624. The summed E-state index contributed by atoms with van der Waals surface area (Å²) >= 11 is 5.86. The minimum absolute atomic E-state index is 0.946. The molecule has 1 aromatic rings. The van der Waals surface area contributed by atoms with Gasteiger partial charge in [-0.2, -0.15) is 0 Å². The van der Waals surface area contributed by atoms with Crippen molar-refractivity contribution in [3.05, 3.63) is 31.8 Å². The van der Waals surface area contributed by atoms with E-state index in [0.29, 0.717) is 0 Å². The van der Waals surface area contributed by atoms with Crippen LogP contribution in [0.1, 0.15) is 12.0 Å². The highest BCUT2D eigenvalue weighted by molar-refractivity contribution is 14.1. The Morgan fingerprint density at radius 3 is 2.87 bits per heavy atom. The Balaban J connectivity index is 2.33. The predicted octanol–water partition coefficient (Wildman–Crippen LogP) is 2.75. The van der Waals surface area contributed by atoms with Gasteiger partial charge >= 0.3 is 0 Å². The maximum absolute atomic E-state index is 3.49. The SMILES string of the molecule is CNCCCNCc1cc(Br)ccc1I. The molecular formula is C11H16BrIN2. The summed E-state index contributed by atoms with van der Waals surface area (Å²) in [6.45, 7) is 3.08. The number of rotatable bonds is 6. The van der Waals surface area contributed by atoms with E-state index in [2.05, 4.69) is 67.4 Å². The summed E-state index contributed by atoms with van der Waals surface area (Å²) in [5.74, 6) is 0. The van der Waals surface area contributed by atoms with Crippen LogP contribution in [0.25, 0.3) is 0 Å². The molecule has 0 aliphatic carbocycles. The van der Waals surface area contributed by atoms with Crippen LogP contribution in [0.15, 0.2) is 22.7 Å². The van der Waals surface area contributed by atoms with Gasteiger partial charge in [0.15, 0.2) is 0 Å². The van der Waals surface area contributed by atoms with E-state index >= 15 is 0 Å². The van der Waals surface area contributed by atoms with Gasteiger partial charge in [-0.15, -0.1) is 0 Å². The fraction of sp³-hybridized carbons (Fsp3) is 0.455. The third-order valence-corrected chi connectivity index (χ3v) is 3.65. The van der Waals surface area contributed by atoms with Crippen LogP contribution in [-0.2, 0) is 6.54 Å². The van der Waals surface area contributed by atoms with Gasteiger partial charge in [0.1, 0.15) is 0 Å². The zero-order chi connectivity index (χ0) is 11.1. The first-order chi connectivity index (χ1) is 7.24. The molecule has 0 saturated heterocycles. The Morgan fingerprint density at radius 1 is 1.33 bits per heavy atom. The van der Waals surface area contributed by atoms with E-state index in [-0.39, 0.29) is 0 Å². The normalized spacial score (nSPS) is 10.6. The molecule has 15 heavy (non-hydrogen) atoms. The summed E-state index contributed by atoms with van der Waals surface area (Å²) in [5, 5.41) is 6.58. The van der Waals surface area contributed by atoms with Gasteiger partial charge in [-0.3, -0.25) is 0 Å². The second kappa shape index (κ2) is 7.60. The van der Waals surface area contributed by atoms with Gasteiger partial charge in [0.05, 0.1) is 0 Å². The molecule has 0 fully saturated rings. The van der Waals surface area contributed by atoms with Gasteiger partial charge in [0.2, 0.25) is 0 Å². The molecule has 0 aliphatic heterocycles. The van der Waals surface area contributed by atoms with E-state index in [1.54, 1.807) is 0 Å². The standard InChI is InChI=1S/C11H16BrIN2/c1-14-5-2-6-15-8-9-7-10(12)3-4-11(9)13/h3-4,7,14-15H,2,5-6,8H2,1H3. The molecule has 0 atom stereocenters. The van der Waals surface area contributed by atoms with Crippen molar-refractivity contribution in [2.75, 3.05) is 20.1 Å². The highest BCUT2D eigenvalue weighted by Gasteiger charge is 1.99. The number of benzene rings is 1. The Hall–Kier alpha value is 0.350. The van der Waals surface area contributed by atoms with Gasteiger partial charge in [-0.05, 0) is 72.9 Å². The summed E-state index contributed by atoms with van der Waals surface area (Å²) in [7, 11) is 1.98. The number of hydrogen-bond donors (Lipinski definition) is 2. The van der Waals surface area contributed by atoms with Crippen LogP contribution in [0.3, 0.4) is 0 Å². The van der Waals surface area contributed by atoms with Crippen molar-refractivity contribution in [2.24, 2.45) is 0 Å². The molecule has 0 amide bonds. The van der Waals surface area contributed by atoms with Crippen LogP contribution >= 0.6 is 38.5 Å². The molecule has 0 unspecified atom stereocenters. The molecule has 0 heterocycles. The highest BCUT2D eigenvalue weighted by Crippen LogP contribution is 2.18. The van der Waals surface area contributed by atoms with Crippen LogP contribution in [0.5, 0.6) is 0 Å². The van der Waals surface area contributed by atoms with E-state index in [1.807, 2.05) is 7.05 Å². The van der Waals surface area contributed by atoms with Crippen molar-refractivity contribution < 1.29 is 0 Å². The maximum Gasteiger partial charge on any atom is 0.0216 e. The third kappa shape index (κ3) is 5.29.